The maximum absolute atomic E-state index is 13.7. The Bertz CT molecular complexity index is 2590. The number of imidazole rings is 2. The molecule has 2 aliphatic heterocycles. The van der Waals surface area contributed by atoms with E-state index in [0.717, 1.165) is 80.8 Å². The Balaban J connectivity index is 0.984. The molecule has 4 aromatic carbocycles. The zero-order valence-electron chi connectivity index (χ0n) is 34.4. The Hall–Kier alpha value is -6.52. The smallest absolute Gasteiger partial charge is 0.407 e. The molecule has 8 rings (SSSR count). The zero-order valence-corrected chi connectivity index (χ0v) is 34.4. The van der Waals surface area contributed by atoms with Gasteiger partial charge in [0.05, 0.1) is 41.3 Å². The van der Waals surface area contributed by atoms with Gasteiger partial charge in [0.2, 0.25) is 11.8 Å². The number of ether oxygens (including phenoxy) is 3. The van der Waals surface area contributed by atoms with E-state index in [-0.39, 0.29) is 36.9 Å². The zero-order chi connectivity index (χ0) is 42.6. The number of nitrogens with one attached hydrogen (secondary N) is 4. The maximum Gasteiger partial charge on any atom is 0.407 e. The summed E-state index contributed by atoms with van der Waals surface area (Å²) in [6.45, 7) is 1.65. The van der Waals surface area contributed by atoms with E-state index >= 15 is 0 Å². The minimum atomic E-state index is -1.25. The number of amides is 4. The summed E-state index contributed by atoms with van der Waals surface area (Å²) in [5, 5.41) is 16.5. The number of hydrogen-bond acceptors (Lipinski definition) is 9. The van der Waals surface area contributed by atoms with Crippen molar-refractivity contribution in [1.29, 1.82) is 0 Å². The van der Waals surface area contributed by atoms with Crippen molar-refractivity contribution < 1.29 is 38.5 Å². The minimum absolute atomic E-state index is 0.190. The quantitative estimate of drug-likeness (QED) is 0.0787. The Morgan fingerprint density at radius 2 is 1.11 bits per heavy atom. The van der Waals surface area contributed by atoms with Gasteiger partial charge in [-0.15, -0.1) is 0 Å². The predicted molar refractivity (Wildman–Crippen MR) is 229 cm³/mol. The van der Waals surface area contributed by atoms with Gasteiger partial charge < -0.3 is 49.7 Å². The standard InChI is InChI=1S/C45H50N8O8/c1-59-20-16-34(50-44(56)57)42(54)52-18-4-6-38(52)40-46-32-14-12-30(24-36(32)48-40)28-10-8-27-23-29(11-9-26(27)22-28)31-13-15-33-37(25-31)49-41(47-33)39-7-5-19-53(39)43(55)35(17-21-60-2)51-45(58)61-3/h8-15,22-25,34-35,38-39,50H,4-7,16-21H2,1-3H3,(H,46,48)(H,47,49)(H,51,58)(H,56,57)/t34-,35-,38-,39-/m0/s1. The summed E-state index contributed by atoms with van der Waals surface area (Å²) in [5.41, 5.74) is 7.44. The Morgan fingerprint density at radius 1 is 0.672 bits per heavy atom. The van der Waals surface area contributed by atoms with Crippen LogP contribution >= 0.6 is 0 Å². The highest BCUT2D eigenvalue weighted by Gasteiger charge is 2.38. The van der Waals surface area contributed by atoms with Crippen LogP contribution in [0.5, 0.6) is 0 Å². The third-order valence-corrected chi connectivity index (χ3v) is 11.8. The second-order valence-electron chi connectivity index (χ2n) is 15.6. The minimum Gasteiger partial charge on any atom is -0.465 e. The number of aromatic amines is 2. The van der Waals surface area contributed by atoms with E-state index < -0.39 is 24.3 Å². The van der Waals surface area contributed by atoms with Crippen LogP contribution in [0.15, 0.2) is 72.8 Å². The van der Waals surface area contributed by atoms with E-state index in [2.05, 4.69) is 75.2 Å². The molecule has 4 atom stereocenters. The van der Waals surface area contributed by atoms with Crippen molar-refractivity contribution in [1.82, 2.24) is 40.4 Å². The first-order chi connectivity index (χ1) is 29.6. The lowest BCUT2D eigenvalue weighted by Gasteiger charge is -2.28. The number of carbonyl (C=O) groups is 4. The molecule has 61 heavy (non-hydrogen) atoms. The normalized spacial score (nSPS) is 17.6. The molecule has 0 bridgehead atoms. The Labute approximate surface area is 352 Å². The predicted octanol–water partition coefficient (Wildman–Crippen LogP) is 6.69. The first kappa shape index (κ1) is 41.2. The van der Waals surface area contributed by atoms with E-state index in [1.807, 2.05) is 18.2 Å². The van der Waals surface area contributed by atoms with Gasteiger partial charge in [-0.3, -0.25) is 9.59 Å². The summed E-state index contributed by atoms with van der Waals surface area (Å²) in [6, 6.07) is 22.8. The van der Waals surface area contributed by atoms with Gasteiger partial charge in [-0.25, -0.2) is 19.6 Å². The van der Waals surface area contributed by atoms with Crippen molar-refractivity contribution >= 4 is 56.8 Å². The van der Waals surface area contributed by atoms with Gasteiger partial charge in [0, 0.05) is 53.4 Å². The maximum atomic E-state index is 13.7. The molecular weight excluding hydrogens is 781 g/mol. The second kappa shape index (κ2) is 18.0. The highest BCUT2D eigenvalue weighted by Crippen LogP contribution is 2.36. The summed E-state index contributed by atoms with van der Waals surface area (Å²) in [4.78, 5) is 70.9. The summed E-state index contributed by atoms with van der Waals surface area (Å²) < 4.78 is 15.1. The Kier molecular flexibility index (Phi) is 12.2. The van der Waals surface area contributed by atoms with Crippen molar-refractivity contribution in [3.8, 4) is 22.3 Å². The van der Waals surface area contributed by atoms with Crippen LogP contribution in [-0.4, -0.2) is 119 Å². The van der Waals surface area contributed by atoms with Crippen LogP contribution in [0.1, 0.15) is 62.3 Å². The number of alkyl carbamates (subject to hydrolysis) is 1. The molecule has 0 unspecified atom stereocenters. The largest absolute Gasteiger partial charge is 0.465 e. The molecule has 2 aromatic heterocycles. The van der Waals surface area contributed by atoms with Crippen molar-refractivity contribution in [3.05, 3.63) is 84.4 Å². The number of likely N-dealkylation sites (tertiary alicyclic amines) is 2. The number of benzene rings is 4. The van der Waals surface area contributed by atoms with Crippen LogP contribution < -0.4 is 10.6 Å². The summed E-state index contributed by atoms with van der Waals surface area (Å²) >= 11 is 0. The highest BCUT2D eigenvalue weighted by atomic mass is 16.5. The molecule has 2 aliphatic rings. The monoisotopic (exact) mass is 830 g/mol. The molecule has 0 saturated carbocycles. The number of nitrogens with zero attached hydrogens (tertiary/aromatic N) is 4. The highest BCUT2D eigenvalue weighted by molar-refractivity contribution is 5.93. The van der Waals surface area contributed by atoms with Gasteiger partial charge >= 0.3 is 12.2 Å². The van der Waals surface area contributed by atoms with E-state index in [9.17, 15) is 24.3 Å². The molecule has 4 amide bonds. The van der Waals surface area contributed by atoms with Gasteiger partial charge in [0.1, 0.15) is 23.7 Å². The molecule has 318 valence electrons. The van der Waals surface area contributed by atoms with Gasteiger partial charge in [-0.05, 0) is 95.1 Å². The van der Waals surface area contributed by atoms with E-state index in [1.165, 1.54) is 14.2 Å². The molecule has 2 fully saturated rings. The first-order valence-electron chi connectivity index (χ1n) is 20.6. The average molecular weight is 831 g/mol. The molecule has 0 radical (unpaired) electrons. The number of aromatic nitrogens is 4. The average Bonchev–Trinajstić information content (AvgIpc) is 4.11. The molecule has 16 nitrogen and oxygen atoms in total. The van der Waals surface area contributed by atoms with Crippen molar-refractivity contribution in [2.24, 2.45) is 0 Å². The van der Waals surface area contributed by atoms with Crippen LogP contribution in [0.3, 0.4) is 0 Å². The van der Waals surface area contributed by atoms with Crippen molar-refractivity contribution in [2.75, 3.05) is 47.6 Å². The van der Waals surface area contributed by atoms with Crippen molar-refractivity contribution in [2.45, 2.75) is 62.7 Å². The molecule has 5 N–H and O–H groups in total. The molecule has 16 heteroatoms. The van der Waals surface area contributed by atoms with Crippen LogP contribution in [0.2, 0.25) is 0 Å². The second-order valence-corrected chi connectivity index (χ2v) is 15.6. The number of methoxy groups -OCH3 is 3. The van der Waals surface area contributed by atoms with Crippen LogP contribution in [0, 0.1) is 0 Å². The van der Waals surface area contributed by atoms with Gasteiger partial charge in [0.15, 0.2) is 0 Å². The van der Waals surface area contributed by atoms with Gasteiger partial charge in [0.25, 0.3) is 0 Å². The summed E-state index contributed by atoms with van der Waals surface area (Å²) in [6.07, 6.45) is 1.75. The third-order valence-electron chi connectivity index (χ3n) is 11.8. The molecule has 0 aliphatic carbocycles. The number of H-pyrrole nitrogens is 2. The first-order valence-corrected chi connectivity index (χ1v) is 20.6. The van der Waals surface area contributed by atoms with Crippen LogP contribution in [0.25, 0.3) is 55.1 Å². The third kappa shape index (κ3) is 8.72. The topological polar surface area (TPSA) is 204 Å². The molecule has 4 heterocycles. The van der Waals surface area contributed by atoms with Gasteiger partial charge in [-0.2, -0.15) is 0 Å². The van der Waals surface area contributed by atoms with E-state index in [0.29, 0.717) is 37.8 Å². The summed E-state index contributed by atoms with van der Waals surface area (Å²) in [7, 11) is 4.35. The molecular formula is C45H50N8O8. The van der Waals surface area contributed by atoms with Gasteiger partial charge in [-0.1, -0.05) is 36.4 Å². The molecule has 0 spiro atoms. The fourth-order valence-electron chi connectivity index (χ4n) is 8.70. The van der Waals surface area contributed by atoms with Crippen LogP contribution in [-0.2, 0) is 23.8 Å². The number of hydrogen-bond donors (Lipinski definition) is 5. The number of carboxylic acid groups (broad SMARTS) is 1. The number of fused-ring (bicyclic) bond motifs is 3. The fourth-order valence-corrected chi connectivity index (χ4v) is 8.70. The molecule has 2 saturated heterocycles. The van der Waals surface area contributed by atoms with Crippen LogP contribution in [0.4, 0.5) is 9.59 Å². The van der Waals surface area contributed by atoms with Crippen molar-refractivity contribution in [3.63, 3.8) is 0 Å². The number of rotatable bonds is 14. The van der Waals surface area contributed by atoms with E-state index in [4.69, 9.17) is 24.2 Å². The Morgan fingerprint density at radius 3 is 1.56 bits per heavy atom. The van der Waals surface area contributed by atoms with E-state index in [1.54, 1.807) is 16.9 Å². The lowest BCUT2D eigenvalue weighted by Crippen LogP contribution is -2.49. The lowest BCUT2D eigenvalue weighted by molar-refractivity contribution is -0.135. The fraction of sp³-hybridized carbons (Fsp3) is 0.378. The lowest BCUT2D eigenvalue weighted by atomic mass is 9.97. The molecule has 6 aromatic rings. The SMILES string of the molecule is COCC[C@H](NC(=O)O)C(=O)N1CCC[C@H]1c1nc2cc(-c3ccc4cc(-c5ccc6[nH]c([C@@H]7CCCN7C(=O)[C@H](CCOC)NC(=O)OC)nc6c5)ccc4c3)ccc2[nH]1. The number of carbonyl (C=O) groups excluding carboxylic acids is 3. The summed E-state index contributed by atoms with van der Waals surface area (Å²) in [5.74, 6) is 0.926.